The minimum absolute atomic E-state index is 0.220. The fourth-order valence-corrected chi connectivity index (χ4v) is 3.03. The number of amides is 1. The van der Waals surface area contributed by atoms with E-state index in [0.29, 0.717) is 11.4 Å². The highest BCUT2D eigenvalue weighted by atomic mass is 32.1. The molecule has 0 saturated heterocycles. The van der Waals surface area contributed by atoms with Crippen molar-refractivity contribution in [3.63, 3.8) is 0 Å². The quantitative estimate of drug-likeness (QED) is 0.688. The SMILES string of the molecule is COc1ccc(-c2csc(NC(=O)c3ccccc3C(F)(F)F)n2)cc1. The lowest BCUT2D eigenvalue weighted by Gasteiger charge is -2.11. The van der Waals surface area contributed by atoms with E-state index in [2.05, 4.69) is 10.3 Å². The molecule has 1 N–H and O–H groups in total. The highest BCUT2D eigenvalue weighted by Gasteiger charge is 2.34. The van der Waals surface area contributed by atoms with Crippen molar-refractivity contribution in [2.45, 2.75) is 6.18 Å². The molecule has 0 aliphatic carbocycles. The average Bonchev–Trinajstić information content (AvgIpc) is 3.09. The van der Waals surface area contributed by atoms with Crippen molar-refractivity contribution in [2.75, 3.05) is 12.4 Å². The number of benzene rings is 2. The predicted octanol–water partition coefficient (Wildman–Crippen LogP) is 5.09. The lowest BCUT2D eigenvalue weighted by Crippen LogP contribution is -2.18. The summed E-state index contributed by atoms with van der Waals surface area (Å²) in [6.45, 7) is 0. The van der Waals surface area contributed by atoms with Crippen LogP contribution < -0.4 is 10.1 Å². The minimum atomic E-state index is -4.61. The summed E-state index contributed by atoms with van der Waals surface area (Å²) >= 11 is 1.14. The van der Waals surface area contributed by atoms with Gasteiger partial charge in [-0.3, -0.25) is 10.1 Å². The maximum Gasteiger partial charge on any atom is 0.417 e. The molecular weight excluding hydrogens is 365 g/mol. The van der Waals surface area contributed by atoms with Crippen LogP contribution >= 0.6 is 11.3 Å². The van der Waals surface area contributed by atoms with E-state index in [4.69, 9.17) is 4.74 Å². The molecule has 0 bridgehead atoms. The van der Waals surface area contributed by atoms with Crippen molar-refractivity contribution < 1.29 is 22.7 Å². The summed E-state index contributed by atoms with van der Waals surface area (Å²) in [5.41, 5.74) is -0.0130. The maximum atomic E-state index is 13.0. The Labute approximate surface area is 151 Å². The van der Waals surface area contributed by atoms with Crippen LogP contribution in [0.2, 0.25) is 0 Å². The van der Waals surface area contributed by atoms with E-state index in [9.17, 15) is 18.0 Å². The van der Waals surface area contributed by atoms with Gasteiger partial charge in [0.15, 0.2) is 5.13 Å². The van der Waals surface area contributed by atoms with Gasteiger partial charge in [-0.05, 0) is 36.4 Å². The highest BCUT2D eigenvalue weighted by Crippen LogP contribution is 2.32. The third kappa shape index (κ3) is 3.85. The zero-order valence-electron chi connectivity index (χ0n) is 13.5. The number of alkyl halides is 3. The third-order valence-electron chi connectivity index (χ3n) is 3.59. The van der Waals surface area contributed by atoms with E-state index in [-0.39, 0.29) is 5.13 Å². The second kappa shape index (κ2) is 7.17. The maximum absolute atomic E-state index is 13.0. The molecule has 1 aromatic heterocycles. The third-order valence-corrected chi connectivity index (χ3v) is 4.35. The Morgan fingerprint density at radius 2 is 1.81 bits per heavy atom. The minimum Gasteiger partial charge on any atom is -0.497 e. The van der Waals surface area contributed by atoms with Gasteiger partial charge in [0.05, 0.1) is 23.9 Å². The number of carbonyl (C=O) groups excluding carboxylic acids is 1. The van der Waals surface area contributed by atoms with Crippen molar-refractivity contribution in [1.29, 1.82) is 0 Å². The molecule has 0 unspecified atom stereocenters. The van der Waals surface area contributed by atoms with Crippen LogP contribution in [-0.4, -0.2) is 18.0 Å². The molecule has 2 aromatic carbocycles. The first-order valence-corrected chi connectivity index (χ1v) is 8.34. The van der Waals surface area contributed by atoms with E-state index in [1.807, 2.05) is 0 Å². The number of methoxy groups -OCH3 is 1. The summed E-state index contributed by atoms with van der Waals surface area (Å²) in [5, 5.41) is 4.36. The van der Waals surface area contributed by atoms with Crippen LogP contribution in [0.5, 0.6) is 5.75 Å². The van der Waals surface area contributed by atoms with Crippen LogP contribution in [-0.2, 0) is 6.18 Å². The van der Waals surface area contributed by atoms with Gasteiger partial charge in [-0.25, -0.2) is 4.98 Å². The van der Waals surface area contributed by atoms with Gasteiger partial charge >= 0.3 is 6.18 Å². The van der Waals surface area contributed by atoms with Gasteiger partial charge in [0.2, 0.25) is 0 Å². The number of ether oxygens (including phenoxy) is 1. The van der Waals surface area contributed by atoms with Crippen LogP contribution in [0.4, 0.5) is 18.3 Å². The number of halogens is 3. The summed E-state index contributed by atoms with van der Waals surface area (Å²) in [6.07, 6.45) is -4.61. The molecule has 8 heteroatoms. The number of thiazole rings is 1. The molecule has 0 atom stereocenters. The van der Waals surface area contributed by atoms with E-state index in [1.54, 1.807) is 36.8 Å². The fourth-order valence-electron chi connectivity index (χ4n) is 2.32. The standard InChI is InChI=1S/C18H13F3N2O2S/c1-25-12-8-6-11(7-9-12)15-10-26-17(22-15)23-16(24)13-4-2-3-5-14(13)18(19,20)21/h2-10H,1H3,(H,22,23,24). The molecule has 134 valence electrons. The zero-order chi connectivity index (χ0) is 18.7. The second-order valence-electron chi connectivity index (χ2n) is 5.26. The lowest BCUT2D eigenvalue weighted by molar-refractivity contribution is -0.137. The van der Waals surface area contributed by atoms with E-state index >= 15 is 0 Å². The number of hydrogen-bond donors (Lipinski definition) is 1. The summed E-state index contributed by atoms with van der Waals surface area (Å²) in [6, 6.07) is 11.8. The molecule has 0 radical (unpaired) electrons. The largest absolute Gasteiger partial charge is 0.497 e. The number of aromatic nitrogens is 1. The lowest BCUT2D eigenvalue weighted by atomic mass is 10.1. The van der Waals surface area contributed by atoms with Gasteiger partial charge in [-0.2, -0.15) is 13.2 Å². The molecule has 0 spiro atoms. The van der Waals surface area contributed by atoms with Gasteiger partial charge in [0.25, 0.3) is 5.91 Å². The number of carbonyl (C=O) groups is 1. The Kier molecular flexibility index (Phi) is 4.94. The topological polar surface area (TPSA) is 51.2 Å². The molecule has 0 saturated carbocycles. The van der Waals surface area contributed by atoms with Gasteiger partial charge in [-0.15, -0.1) is 11.3 Å². The summed E-state index contributed by atoms with van der Waals surface area (Å²) < 4.78 is 44.2. The first-order chi connectivity index (χ1) is 12.4. The van der Waals surface area contributed by atoms with Crippen LogP contribution in [0, 0.1) is 0 Å². The highest BCUT2D eigenvalue weighted by molar-refractivity contribution is 7.14. The van der Waals surface area contributed by atoms with E-state index in [1.165, 1.54) is 12.1 Å². The Hall–Kier alpha value is -2.87. The Morgan fingerprint density at radius 3 is 2.46 bits per heavy atom. The number of nitrogens with zero attached hydrogens (tertiary/aromatic N) is 1. The van der Waals surface area contributed by atoms with E-state index < -0.39 is 23.2 Å². The van der Waals surface area contributed by atoms with E-state index in [0.717, 1.165) is 29.0 Å². The first-order valence-electron chi connectivity index (χ1n) is 7.46. The van der Waals surface area contributed by atoms with Crippen molar-refractivity contribution in [2.24, 2.45) is 0 Å². The summed E-state index contributed by atoms with van der Waals surface area (Å²) in [5.74, 6) is -0.158. The van der Waals surface area contributed by atoms with Crippen molar-refractivity contribution >= 4 is 22.4 Å². The van der Waals surface area contributed by atoms with Gasteiger partial charge in [0, 0.05) is 10.9 Å². The average molecular weight is 378 g/mol. The second-order valence-corrected chi connectivity index (χ2v) is 6.12. The molecule has 1 heterocycles. The predicted molar refractivity (Wildman–Crippen MR) is 93.5 cm³/mol. The molecule has 4 nitrogen and oxygen atoms in total. The smallest absolute Gasteiger partial charge is 0.417 e. The molecule has 26 heavy (non-hydrogen) atoms. The Bertz CT molecular complexity index is 921. The molecule has 1 amide bonds. The zero-order valence-corrected chi connectivity index (χ0v) is 14.3. The molecule has 3 aromatic rings. The first kappa shape index (κ1) is 17.9. The van der Waals surface area contributed by atoms with Crippen LogP contribution in [0.3, 0.4) is 0 Å². The van der Waals surface area contributed by atoms with Gasteiger partial charge in [-0.1, -0.05) is 12.1 Å². The van der Waals surface area contributed by atoms with Crippen molar-refractivity contribution in [3.05, 3.63) is 65.0 Å². The molecule has 3 rings (SSSR count). The number of rotatable bonds is 4. The molecular formula is C18H13F3N2O2S. The van der Waals surface area contributed by atoms with Crippen LogP contribution in [0.25, 0.3) is 11.3 Å². The van der Waals surface area contributed by atoms with Gasteiger partial charge < -0.3 is 4.74 Å². The van der Waals surface area contributed by atoms with Crippen molar-refractivity contribution in [1.82, 2.24) is 4.98 Å². The monoisotopic (exact) mass is 378 g/mol. The Balaban J connectivity index is 1.80. The Morgan fingerprint density at radius 1 is 1.12 bits per heavy atom. The summed E-state index contributed by atoms with van der Waals surface area (Å²) in [4.78, 5) is 16.5. The molecule has 0 aliphatic heterocycles. The molecule has 0 fully saturated rings. The van der Waals surface area contributed by atoms with Gasteiger partial charge in [0.1, 0.15) is 5.75 Å². The van der Waals surface area contributed by atoms with Crippen LogP contribution in [0.1, 0.15) is 15.9 Å². The summed E-state index contributed by atoms with van der Waals surface area (Å²) in [7, 11) is 1.56. The fraction of sp³-hybridized carbons (Fsp3) is 0.111. The molecule has 0 aliphatic rings. The van der Waals surface area contributed by atoms with Crippen molar-refractivity contribution in [3.8, 4) is 17.0 Å². The normalized spacial score (nSPS) is 11.2. The number of hydrogen-bond acceptors (Lipinski definition) is 4. The number of nitrogens with one attached hydrogen (secondary N) is 1. The number of anilines is 1. The van der Waals surface area contributed by atoms with Crippen LogP contribution in [0.15, 0.2) is 53.9 Å².